The first-order valence-corrected chi connectivity index (χ1v) is 7.86. The molecule has 0 radical (unpaired) electrons. The lowest BCUT2D eigenvalue weighted by Crippen LogP contribution is -2.32. The van der Waals surface area contributed by atoms with Gasteiger partial charge < -0.3 is 15.2 Å². The Morgan fingerprint density at radius 2 is 2.04 bits per heavy atom. The highest BCUT2D eigenvalue weighted by Gasteiger charge is 2.20. The van der Waals surface area contributed by atoms with E-state index < -0.39 is 34.0 Å². The molecule has 0 unspecified atom stereocenters. The van der Waals surface area contributed by atoms with Gasteiger partial charge in [0.1, 0.15) is 5.82 Å². The third-order valence-corrected chi connectivity index (χ3v) is 3.28. The Kier molecular flexibility index (Phi) is 6.58. The molecule has 0 bridgehead atoms. The van der Waals surface area contributed by atoms with Crippen LogP contribution in [0, 0.1) is 15.9 Å². The van der Waals surface area contributed by atoms with Crippen molar-refractivity contribution >= 4 is 29.4 Å². The number of nitro groups is 1. The molecule has 10 nitrogen and oxygen atoms in total. The van der Waals surface area contributed by atoms with Gasteiger partial charge in [-0.2, -0.15) is 5.10 Å². The molecular formula is C17H15FN4O6. The second kappa shape index (κ2) is 9.07. The molecule has 11 heteroatoms. The monoisotopic (exact) mass is 390 g/mol. The normalized spacial score (nSPS) is 10.5. The van der Waals surface area contributed by atoms with Gasteiger partial charge in [-0.3, -0.25) is 19.7 Å². The Hall–Kier alpha value is -4.02. The van der Waals surface area contributed by atoms with Crippen LogP contribution in [0.15, 0.2) is 41.5 Å². The Labute approximate surface area is 157 Å². The van der Waals surface area contributed by atoms with Crippen molar-refractivity contribution in [2.75, 3.05) is 11.9 Å². The van der Waals surface area contributed by atoms with Crippen LogP contribution in [0.5, 0.6) is 11.5 Å². The Morgan fingerprint density at radius 3 is 2.68 bits per heavy atom. The largest absolute Gasteiger partial charge is 0.500 e. The van der Waals surface area contributed by atoms with Gasteiger partial charge >= 0.3 is 17.5 Å². The van der Waals surface area contributed by atoms with E-state index in [0.29, 0.717) is 0 Å². The van der Waals surface area contributed by atoms with Crippen molar-refractivity contribution in [1.29, 1.82) is 0 Å². The van der Waals surface area contributed by atoms with Gasteiger partial charge in [0.25, 0.3) is 0 Å². The van der Waals surface area contributed by atoms with E-state index >= 15 is 0 Å². The number of nitro benzene ring substituents is 1. The number of carbonyl (C=O) groups is 2. The summed E-state index contributed by atoms with van der Waals surface area (Å²) in [6.07, 6.45) is 1.02. The number of hydrogen-bond acceptors (Lipinski definition) is 7. The molecule has 146 valence electrons. The predicted molar refractivity (Wildman–Crippen MR) is 96.7 cm³/mol. The van der Waals surface area contributed by atoms with Crippen molar-refractivity contribution in [1.82, 2.24) is 5.43 Å². The van der Waals surface area contributed by atoms with Gasteiger partial charge in [0.15, 0.2) is 5.75 Å². The van der Waals surface area contributed by atoms with Crippen LogP contribution in [-0.4, -0.2) is 34.7 Å². The fourth-order valence-corrected chi connectivity index (χ4v) is 2.05. The van der Waals surface area contributed by atoms with Crippen LogP contribution in [0.25, 0.3) is 0 Å². The number of benzene rings is 2. The van der Waals surface area contributed by atoms with Crippen molar-refractivity contribution in [2.45, 2.75) is 6.92 Å². The van der Waals surface area contributed by atoms with E-state index in [-0.39, 0.29) is 23.6 Å². The maximum atomic E-state index is 13.5. The molecule has 0 saturated carbocycles. The molecule has 0 aliphatic carbocycles. The van der Waals surface area contributed by atoms with E-state index in [1.54, 1.807) is 6.92 Å². The van der Waals surface area contributed by atoms with Gasteiger partial charge in [0, 0.05) is 11.6 Å². The lowest BCUT2D eigenvalue weighted by molar-refractivity contribution is -0.386. The quantitative estimate of drug-likeness (QED) is 0.298. The van der Waals surface area contributed by atoms with Gasteiger partial charge in [0.05, 0.1) is 23.4 Å². The SMILES string of the molecule is CCOc1cc(/C=N/NC(=O)C(=O)Nc2ccccc2F)cc([N+](=O)[O-])c1O. The zero-order chi connectivity index (χ0) is 20.7. The number of hydrazone groups is 1. The molecule has 2 aromatic carbocycles. The van der Waals surface area contributed by atoms with Crippen LogP contribution in [0.1, 0.15) is 12.5 Å². The van der Waals surface area contributed by atoms with Gasteiger partial charge in [0.2, 0.25) is 5.75 Å². The van der Waals surface area contributed by atoms with Crippen LogP contribution in [0.4, 0.5) is 15.8 Å². The third kappa shape index (κ3) is 5.00. The second-order valence-electron chi connectivity index (χ2n) is 5.21. The summed E-state index contributed by atoms with van der Waals surface area (Å²) in [5.41, 5.74) is 1.24. The maximum absolute atomic E-state index is 13.5. The predicted octanol–water partition coefficient (Wildman–Crippen LogP) is 1.93. The summed E-state index contributed by atoms with van der Waals surface area (Å²) >= 11 is 0. The summed E-state index contributed by atoms with van der Waals surface area (Å²) < 4.78 is 18.6. The van der Waals surface area contributed by atoms with Crippen molar-refractivity contribution in [3.05, 3.63) is 57.9 Å². The molecule has 2 rings (SSSR count). The molecule has 0 saturated heterocycles. The smallest absolute Gasteiger partial charge is 0.329 e. The van der Waals surface area contributed by atoms with E-state index in [1.807, 2.05) is 5.43 Å². The first-order chi connectivity index (χ1) is 13.3. The molecule has 28 heavy (non-hydrogen) atoms. The molecule has 0 heterocycles. The molecule has 2 amide bonds. The van der Waals surface area contributed by atoms with Crippen LogP contribution < -0.4 is 15.5 Å². The molecule has 0 aliphatic rings. The highest BCUT2D eigenvalue weighted by Crippen LogP contribution is 2.36. The van der Waals surface area contributed by atoms with Crippen LogP contribution in [0.2, 0.25) is 0 Å². The standard InChI is InChI=1S/C17H15FN4O6/c1-2-28-14-8-10(7-13(15(14)23)22(26)27)9-19-21-17(25)16(24)20-12-6-4-3-5-11(12)18/h3-9,23H,2H2,1H3,(H,20,24)(H,21,25)/b19-9+. The summed E-state index contributed by atoms with van der Waals surface area (Å²) in [5, 5.41) is 26.4. The van der Waals surface area contributed by atoms with E-state index in [1.165, 1.54) is 24.3 Å². The molecule has 2 aromatic rings. The zero-order valence-electron chi connectivity index (χ0n) is 14.5. The number of nitrogens with zero attached hydrogens (tertiary/aromatic N) is 2. The first-order valence-electron chi connectivity index (χ1n) is 7.86. The first kappa shape index (κ1) is 20.3. The van der Waals surface area contributed by atoms with Crippen LogP contribution in [-0.2, 0) is 9.59 Å². The Bertz CT molecular complexity index is 947. The average molecular weight is 390 g/mol. The van der Waals surface area contributed by atoms with Crippen molar-refractivity contribution in [3.8, 4) is 11.5 Å². The summed E-state index contributed by atoms with van der Waals surface area (Å²) in [6, 6.07) is 7.55. The third-order valence-electron chi connectivity index (χ3n) is 3.28. The zero-order valence-corrected chi connectivity index (χ0v) is 14.5. The van der Waals surface area contributed by atoms with Crippen LogP contribution >= 0.6 is 0 Å². The van der Waals surface area contributed by atoms with Crippen molar-refractivity contribution in [2.24, 2.45) is 5.10 Å². The fourth-order valence-electron chi connectivity index (χ4n) is 2.05. The van der Waals surface area contributed by atoms with Gasteiger partial charge in [-0.25, -0.2) is 9.82 Å². The Balaban J connectivity index is 2.09. The number of halogens is 1. The molecule has 0 aliphatic heterocycles. The number of ether oxygens (including phenoxy) is 1. The lowest BCUT2D eigenvalue weighted by Gasteiger charge is -2.07. The Morgan fingerprint density at radius 1 is 1.32 bits per heavy atom. The van der Waals surface area contributed by atoms with E-state index in [9.17, 15) is 29.2 Å². The maximum Gasteiger partial charge on any atom is 0.329 e. The van der Waals surface area contributed by atoms with E-state index in [4.69, 9.17) is 4.74 Å². The number of nitrogens with one attached hydrogen (secondary N) is 2. The average Bonchev–Trinajstić information content (AvgIpc) is 2.65. The van der Waals surface area contributed by atoms with Crippen molar-refractivity contribution < 1.29 is 28.7 Å². The summed E-state index contributed by atoms with van der Waals surface area (Å²) in [7, 11) is 0. The summed E-state index contributed by atoms with van der Waals surface area (Å²) in [6.45, 7) is 1.78. The summed E-state index contributed by atoms with van der Waals surface area (Å²) in [5.74, 6) is -3.84. The molecule has 3 N–H and O–H groups in total. The summed E-state index contributed by atoms with van der Waals surface area (Å²) in [4.78, 5) is 33.6. The molecule has 0 atom stereocenters. The van der Waals surface area contributed by atoms with Gasteiger partial charge in [-0.05, 0) is 25.1 Å². The number of anilines is 1. The van der Waals surface area contributed by atoms with E-state index in [2.05, 4.69) is 10.4 Å². The molecule has 0 fully saturated rings. The minimum absolute atomic E-state index is 0.128. The van der Waals surface area contributed by atoms with Crippen LogP contribution in [0.3, 0.4) is 0 Å². The van der Waals surface area contributed by atoms with E-state index in [0.717, 1.165) is 18.3 Å². The highest BCUT2D eigenvalue weighted by atomic mass is 19.1. The highest BCUT2D eigenvalue weighted by molar-refractivity contribution is 6.39. The molecular weight excluding hydrogens is 375 g/mol. The minimum Gasteiger partial charge on any atom is -0.500 e. The number of carbonyl (C=O) groups excluding carboxylic acids is 2. The number of hydrogen-bond donors (Lipinski definition) is 3. The number of phenolic OH excluding ortho intramolecular Hbond substituents is 1. The van der Waals surface area contributed by atoms with Gasteiger partial charge in [-0.15, -0.1) is 0 Å². The number of para-hydroxylation sites is 1. The molecule has 0 spiro atoms. The van der Waals surface area contributed by atoms with Crippen molar-refractivity contribution in [3.63, 3.8) is 0 Å². The number of amides is 2. The topological polar surface area (TPSA) is 143 Å². The minimum atomic E-state index is -1.18. The number of aromatic hydroxyl groups is 1. The van der Waals surface area contributed by atoms with Gasteiger partial charge in [-0.1, -0.05) is 12.1 Å². The lowest BCUT2D eigenvalue weighted by atomic mass is 10.2. The molecule has 0 aromatic heterocycles. The number of phenols is 1. The fraction of sp³-hybridized carbons (Fsp3) is 0.118. The number of rotatable bonds is 6. The second-order valence-corrected chi connectivity index (χ2v) is 5.21.